The Morgan fingerprint density at radius 2 is 2.38 bits per heavy atom. The van der Waals surface area contributed by atoms with E-state index in [2.05, 4.69) is 27.4 Å². The summed E-state index contributed by atoms with van der Waals surface area (Å²) < 4.78 is 0. The number of nitrogens with one attached hydrogen (secondary N) is 1. The zero-order valence-electron chi connectivity index (χ0n) is 9.95. The first kappa shape index (κ1) is 11.5. The highest BCUT2D eigenvalue weighted by atomic mass is 15.1. The van der Waals surface area contributed by atoms with Crippen LogP contribution < -0.4 is 5.32 Å². The van der Waals surface area contributed by atoms with Crippen LogP contribution in [-0.4, -0.2) is 27.8 Å². The van der Waals surface area contributed by atoms with Gasteiger partial charge in [-0.3, -0.25) is 0 Å². The van der Waals surface area contributed by atoms with Gasteiger partial charge in [-0.1, -0.05) is 19.8 Å². The molecule has 2 rings (SSSR count). The Morgan fingerprint density at radius 1 is 1.44 bits per heavy atom. The molecule has 1 aromatic rings. The summed E-state index contributed by atoms with van der Waals surface area (Å²) in [7, 11) is 0. The van der Waals surface area contributed by atoms with Crippen LogP contribution in [0.3, 0.4) is 0 Å². The molecule has 1 N–H and O–H groups in total. The first-order chi connectivity index (χ1) is 7.88. The van der Waals surface area contributed by atoms with Crippen molar-refractivity contribution in [2.45, 2.75) is 51.5 Å². The van der Waals surface area contributed by atoms with Gasteiger partial charge >= 0.3 is 0 Å². The molecular formula is C12H20N4. The van der Waals surface area contributed by atoms with Crippen LogP contribution >= 0.6 is 0 Å². The third-order valence-electron chi connectivity index (χ3n) is 3.00. The summed E-state index contributed by atoms with van der Waals surface area (Å²) in [6.07, 6.45) is 8.67. The van der Waals surface area contributed by atoms with Gasteiger partial charge in [0.05, 0.1) is 11.9 Å². The Balaban J connectivity index is 1.94. The van der Waals surface area contributed by atoms with Crippen LogP contribution in [0, 0.1) is 0 Å². The predicted molar refractivity (Wildman–Crippen MR) is 63.2 cm³/mol. The van der Waals surface area contributed by atoms with Crippen LogP contribution in [0.25, 0.3) is 0 Å². The van der Waals surface area contributed by atoms with Crippen molar-refractivity contribution >= 4 is 0 Å². The zero-order valence-corrected chi connectivity index (χ0v) is 9.95. The van der Waals surface area contributed by atoms with Crippen LogP contribution in [0.1, 0.15) is 44.1 Å². The van der Waals surface area contributed by atoms with Gasteiger partial charge in [-0.2, -0.15) is 5.10 Å². The molecule has 1 atom stereocenters. The highest BCUT2D eigenvalue weighted by Crippen LogP contribution is 2.10. The molecular weight excluding hydrogens is 200 g/mol. The van der Waals surface area contributed by atoms with Gasteiger partial charge in [-0.25, -0.2) is 4.98 Å². The Morgan fingerprint density at radius 3 is 3.12 bits per heavy atom. The van der Waals surface area contributed by atoms with E-state index in [0.717, 1.165) is 37.3 Å². The van der Waals surface area contributed by atoms with Crippen LogP contribution in [0.15, 0.2) is 6.20 Å². The molecule has 0 aromatic carbocycles. The molecule has 1 aliphatic rings. The monoisotopic (exact) mass is 220 g/mol. The SMILES string of the molecule is CCCc1cnnc(CC2CCCCN2)n1. The maximum absolute atomic E-state index is 4.54. The molecule has 0 aliphatic carbocycles. The average molecular weight is 220 g/mol. The van der Waals surface area contributed by atoms with E-state index >= 15 is 0 Å². The van der Waals surface area contributed by atoms with E-state index in [-0.39, 0.29) is 0 Å². The smallest absolute Gasteiger partial charge is 0.152 e. The minimum atomic E-state index is 0.549. The fraction of sp³-hybridized carbons (Fsp3) is 0.750. The largest absolute Gasteiger partial charge is 0.314 e. The van der Waals surface area contributed by atoms with E-state index < -0.39 is 0 Å². The van der Waals surface area contributed by atoms with E-state index in [4.69, 9.17) is 0 Å². The van der Waals surface area contributed by atoms with Crippen molar-refractivity contribution in [2.75, 3.05) is 6.54 Å². The van der Waals surface area contributed by atoms with Gasteiger partial charge in [0, 0.05) is 12.5 Å². The number of piperidine rings is 1. The predicted octanol–water partition coefficient (Wildman–Crippen LogP) is 1.51. The van der Waals surface area contributed by atoms with Gasteiger partial charge in [0.15, 0.2) is 5.82 Å². The third kappa shape index (κ3) is 3.23. The van der Waals surface area contributed by atoms with Crippen LogP contribution in [0.2, 0.25) is 0 Å². The number of aryl methyl sites for hydroxylation is 1. The molecule has 16 heavy (non-hydrogen) atoms. The normalized spacial score (nSPS) is 20.9. The Labute approximate surface area is 96.9 Å². The molecule has 0 bridgehead atoms. The number of aromatic nitrogens is 3. The van der Waals surface area contributed by atoms with Gasteiger partial charge < -0.3 is 5.32 Å². The third-order valence-corrected chi connectivity index (χ3v) is 3.00. The van der Waals surface area contributed by atoms with Gasteiger partial charge in [-0.05, 0) is 25.8 Å². The summed E-state index contributed by atoms with van der Waals surface area (Å²) in [5.41, 5.74) is 1.07. The fourth-order valence-corrected chi connectivity index (χ4v) is 2.16. The molecule has 1 aliphatic heterocycles. The first-order valence-corrected chi connectivity index (χ1v) is 6.29. The molecule has 4 heteroatoms. The van der Waals surface area contributed by atoms with Gasteiger partial charge in [0.25, 0.3) is 0 Å². The number of hydrogen-bond acceptors (Lipinski definition) is 4. The molecule has 0 spiro atoms. The lowest BCUT2D eigenvalue weighted by Gasteiger charge is -2.22. The van der Waals surface area contributed by atoms with Crippen molar-refractivity contribution in [3.63, 3.8) is 0 Å². The maximum atomic E-state index is 4.54. The maximum Gasteiger partial charge on any atom is 0.152 e. The molecule has 1 saturated heterocycles. The number of rotatable bonds is 4. The summed E-state index contributed by atoms with van der Waals surface area (Å²) in [4.78, 5) is 4.54. The van der Waals surface area contributed by atoms with Crippen molar-refractivity contribution in [2.24, 2.45) is 0 Å². The summed E-state index contributed by atoms with van der Waals surface area (Å²) >= 11 is 0. The van der Waals surface area contributed by atoms with E-state index in [9.17, 15) is 0 Å². The molecule has 0 saturated carbocycles. The van der Waals surface area contributed by atoms with Crippen molar-refractivity contribution in [1.29, 1.82) is 0 Å². The van der Waals surface area contributed by atoms with Gasteiger partial charge in [0.1, 0.15) is 0 Å². The average Bonchev–Trinajstić information content (AvgIpc) is 2.31. The summed E-state index contributed by atoms with van der Waals surface area (Å²) in [5.74, 6) is 0.894. The second-order valence-corrected chi connectivity index (χ2v) is 4.46. The summed E-state index contributed by atoms with van der Waals surface area (Å²) in [6, 6.07) is 0.549. The van der Waals surface area contributed by atoms with E-state index in [1.54, 1.807) is 6.20 Å². The van der Waals surface area contributed by atoms with E-state index in [1.165, 1.54) is 19.3 Å². The van der Waals surface area contributed by atoms with Crippen LogP contribution in [0.4, 0.5) is 0 Å². The van der Waals surface area contributed by atoms with Crippen molar-refractivity contribution < 1.29 is 0 Å². The first-order valence-electron chi connectivity index (χ1n) is 6.29. The molecule has 1 aromatic heterocycles. The van der Waals surface area contributed by atoms with Crippen LogP contribution in [-0.2, 0) is 12.8 Å². The molecule has 0 amide bonds. The van der Waals surface area contributed by atoms with Gasteiger partial charge in [-0.15, -0.1) is 5.10 Å². The lowest BCUT2D eigenvalue weighted by Crippen LogP contribution is -2.36. The van der Waals surface area contributed by atoms with E-state index in [1.807, 2.05) is 0 Å². The summed E-state index contributed by atoms with van der Waals surface area (Å²) in [6.45, 7) is 3.29. The van der Waals surface area contributed by atoms with Gasteiger partial charge in [0.2, 0.25) is 0 Å². The topological polar surface area (TPSA) is 50.7 Å². The van der Waals surface area contributed by atoms with Crippen molar-refractivity contribution in [1.82, 2.24) is 20.5 Å². The Kier molecular flexibility index (Phi) is 4.22. The highest BCUT2D eigenvalue weighted by molar-refractivity contribution is 4.98. The quantitative estimate of drug-likeness (QED) is 0.835. The number of hydrogen-bond donors (Lipinski definition) is 1. The fourth-order valence-electron chi connectivity index (χ4n) is 2.16. The minimum absolute atomic E-state index is 0.549. The Bertz CT molecular complexity index is 321. The van der Waals surface area contributed by atoms with Crippen LogP contribution in [0.5, 0.6) is 0 Å². The molecule has 1 fully saturated rings. The second kappa shape index (κ2) is 5.89. The second-order valence-electron chi connectivity index (χ2n) is 4.46. The van der Waals surface area contributed by atoms with E-state index in [0.29, 0.717) is 6.04 Å². The summed E-state index contributed by atoms with van der Waals surface area (Å²) in [5, 5.41) is 11.7. The zero-order chi connectivity index (χ0) is 11.2. The lowest BCUT2D eigenvalue weighted by molar-refractivity contribution is 0.392. The molecule has 1 unspecified atom stereocenters. The minimum Gasteiger partial charge on any atom is -0.314 e. The Hall–Kier alpha value is -1.03. The molecule has 88 valence electrons. The highest BCUT2D eigenvalue weighted by Gasteiger charge is 2.14. The van der Waals surface area contributed by atoms with Crippen molar-refractivity contribution in [3.05, 3.63) is 17.7 Å². The molecule has 0 radical (unpaired) electrons. The molecule has 4 nitrogen and oxygen atoms in total. The van der Waals surface area contributed by atoms with Crippen molar-refractivity contribution in [3.8, 4) is 0 Å². The number of nitrogens with zero attached hydrogens (tertiary/aromatic N) is 3. The lowest BCUT2D eigenvalue weighted by atomic mass is 10.0. The molecule has 2 heterocycles. The standard InChI is InChI=1S/C12H20N4/c1-2-5-11-9-14-16-12(15-11)8-10-6-3-4-7-13-10/h9-10,13H,2-8H2,1H3.